The molecule has 0 unspecified atom stereocenters. The van der Waals surface area contributed by atoms with Gasteiger partial charge in [-0.05, 0) is 44.0 Å². The topological polar surface area (TPSA) is 69.5 Å². The molecule has 31 heavy (non-hydrogen) atoms. The zero-order valence-corrected chi connectivity index (χ0v) is 18.5. The number of nitrogens with zero attached hydrogens (tertiary/aromatic N) is 4. The number of hydrogen-bond donors (Lipinski definition) is 0. The van der Waals surface area contributed by atoms with Crippen molar-refractivity contribution in [2.24, 2.45) is 7.05 Å². The Balaban J connectivity index is 1.31. The summed E-state index contributed by atoms with van der Waals surface area (Å²) >= 11 is 1.41. The third-order valence-electron chi connectivity index (χ3n) is 5.74. The van der Waals surface area contributed by atoms with Gasteiger partial charge in [-0.1, -0.05) is 42.1 Å². The molecule has 0 spiro atoms. The zero-order valence-electron chi connectivity index (χ0n) is 17.7. The van der Waals surface area contributed by atoms with Gasteiger partial charge in [0.15, 0.2) is 28.6 Å². The fourth-order valence-corrected chi connectivity index (χ4v) is 5.03. The number of aromatic nitrogens is 3. The molecule has 3 atom stereocenters. The fraction of sp³-hybridized carbons (Fsp3) is 0.348. The van der Waals surface area contributed by atoms with Crippen molar-refractivity contribution in [3.05, 3.63) is 59.9 Å². The SMILES string of the molecule is C[C@@H]1Cc2ccccc2N1C(=O)[C@@H](C)Sc1nnc([C@@H]2COc3ccccc3O2)n1C. The summed E-state index contributed by atoms with van der Waals surface area (Å²) in [5.74, 6) is 2.19. The minimum absolute atomic E-state index is 0.0816. The third-order valence-corrected chi connectivity index (χ3v) is 6.86. The fourth-order valence-electron chi connectivity index (χ4n) is 4.16. The molecule has 1 aromatic heterocycles. The predicted octanol–water partition coefficient (Wildman–Crippen LogP) is 3.79. The molecular weight excluding hydrogens is 412 g/mol. The van der Waals surface area contributed by atoms with Crippen LogP contribution in [0.25, 0.3) is 0 Å². The second-order valence-electron chi connectivity index (χ2n) is 7.91. The molecule has 0 saturated heterocycles. The van der Waals surface area contributed by atoms with Crippen LogP contribution >= 0.6 is 11.8 Å². The van der Waals surface area contributed by atoms with Crippen molar-refractivity contribution < 1.29 is 14.3 Å². The van der Waals surface area contributed by atoms with Gasteiger partial charge < -0.3 is 18.9 Å². The number of rotatable bonds is 4. The number of amides is 1. The molecule has 8 heteroatoms. The standard InChI is InChI=1S/C23H24N4O3S/c1-14-12-16-8-4-5-9-17(16)27(14)22(28)15(2)31-23-25-24-21(26(23)3)20-13-29-18-10-6-7-11-19(18)30-20/h4-11,14-15,20H,12-13H2,1-3H3/t14-,15-,20+/m1/s1. The highest BCUT2D eigenvalue weighted by molar-refractivity contribution is 8.00. The first-order valence-electron chi connectivity index (χ1n) is 10.4. The van der Waals surface area contributed by atoms with Crippen molar-refractivity contribution in [1.82, 2.24) is 14.8 Å². The normalized spacial score (nSPS) is 20.4. The van der Waals surface area contributed by atoms with Crippen molar-refractivity contribution in [3.8, 4) is 11.5 Å². The van der Waals surface area contributed by atoms with E-state index in [9.17, 15) is 4.79 Å². The minimum Gasteiger partial charge on any atom is -0.485 e. The van der Waals surface area contributed by atoms with Crippen molar-refractivity contribution in [2.45, 2.75) is 42.8 Å². The Kier molecular flexibility index (Phi) is 5.09. The average molecular weight is 437 g/mol. The van der Waals surface area contributed by atoms with Crippen LogP contribution in [0.3, 0.4) is 0 Å². The van der Waals surface area contributed by atoms with Crippen LogP contribution in [-0.4, -0.2) is 38.6 Å². The Bertz CT molecular complexity index is 1130. The minimum atomic E-state index is -0.349. The largest absolute Gasteiger partial charge is 0.485 e. The molecule has 0 N–H and O–H groups in total. The van der Waals surface area contributed by atoms with Crippen molar-refractivity contribution >= 4 is 23.4 Å². The molecule has 7 nitrogen and oxygen atoms in total. The summed E-state index contributed by atoms with van der Waals surface area (Å²) in [5.41, 5.74) is 2.23. The summed E-state index contributed by atoms with van der Waals surface area (Å²) in [4.78, 5) is 15.2. The van der Waals surface area contributed by atoms with Crippen LogP contribution in [0.5, 0.6) is 11.5 Å². The van der Waals surface area contributed by atoms with E-state index >= 15 is 0 Å². The lowest BCUT2D eigenvalue weighted by Crippen LogP contribution is -2.40. The summed E-state index contributed by atoms with van der Waals surface area (Å²) in [7, 11) is 1.90. The van der Waals surface area contributed by atoms with Gasteiger partial charge >= 0.3 is 0 Å². The number of ether oxygens (including phenoxy) is 2. The Hall–Kier alpha value is -3.00. The van der Waals surface area contributed by atoms with E-state index < -0.39 is 0 Å². The third kappa shape index (κ3) is 3.54. The maximum absolute atomic E-state index is 13.3. The number of anilines is 1. The first kappa shape index (κ1) is 19.9. The van der Waals surface area contributed by atoms with Crippen molar-refractivity contribution in [3.63, 3.8) is 0 Å². The number of carbonyl (C=O) groups excluding carboxylic acids is 1. The van der Waals surface area contributed by atoms with E-state index in [1.54, 1.807) is 0 Å². The molecular formula is C23H24N4O3S. The van der Waals surface area contributed by atoms with E-state index in [-0.39, 0.29) is 23.3 Å². The molecule has 5 rings (SSSR count). The predicted molar refractivity (Wildman–Crippen MR) is 119 cm³/mol. The summed E-state index contributed by atoms with van der Waals surface area (Å²) in [5, 5.41) is 9.05. The van der Waals surface area contributed by atoms with E-state index in [1.165, 1.54) is 17.3 Å². The lowest BCUT2D eigenvalue weighted by molar-refractivity contribution is -0.118. The second kappa shape index (κ2) is 7.92. The van der Waals surface area contributed by atoms with Crippen LogP contribution in [-0.2, 0) is 18.3 Å². The van der Waals surface area contributed by atoms with Gasteiger partial charge in [0.1, 0.15) is 6.61 Å². The van der Waals surface area contributed by atoms with E-state index in [4.69, 9.17) is 9.47 Å². The van der Waals surface area contributed by atoms with Crippen LogP contribution in [0, 0.1) is 0 Å². The molecule has 0 fully saturated rings. The Morgan fingerprint density at radius 3 is 2.71 bits per heavy atom. The molecule has 0 aliphatic carbocycles. The summed E-state index contributed by atoms with van der Waals surface area (Å²) in [6.07, 6.45) is 0.534. The quantitative estimate of drug-likeness (QED) is 0.580. The van der Waals surface area contributed by atoms with Gasteiger partial charge in [0, 0.05) is 18.8 Å². The highest BCUT2D eigenvalue weighted by Gasteiger charge is 2.34. The van der Waals surface area contributed by atoms with Crippen LogP contribution < -0.4 is 14.4 Å². The highest BCUT2D eigenvalue weighted by Crippen LogP contribution is 2.37. The lowest BCUT2D eigenvalue weighted by atomic mass is 10.1. The molecule has 2 aromatic carbocycles. The maximum Gasteiger partial charge on any atom is 0.240 e. The Morgan fingerprint density at radius 2 is 1.87 bits per heavy atom. The van der Waals surface area contributed by atoms with Gasteiger partial charge in [-0.2, -0.15) is 0 Å². The van der Waals surface area contributed by atoms with Gasteiger partial charge in [-0.3, -0.25) is 4.79 Å². The number of para-hydroxylation sites is 3. The van der Waals surface area contributed by atoms with Gasteiger partial charge in [-0.25, -0.2) is 0 Å². The first-order valence-corrected chi connectivity index (χ1v) is 11.3. The van der Waals surface area contributed by atoms with Crippen LogP contribution in [0.1, 0.15) is 31.3 Å². The molecule has 3 heterocycles. The zero-order chi connectivity index (χ0) is 21.5. The van der Waals surface area contributed by atoms with E-state index in [1.807, 2.05) is 65.9 Å². The van der Waals surface area contributed by atoms with Crippen LogP contribution in [0.15, 0.2) is 53.7 Å². The van der Waals surface area contributed by atoms with E-state index in [2.05, 4.69) is 23.2 Å². The summed E-state index contributed by atoms with van der Waals surface area (Å²) < 4.78 is 13.8. The van der Waals surface area contributed by atoms with Crippen LogP contribution in [0.2, 0.25) is 0 Å². The summed E-state index contributed by atoms with van der Waals surface area (Å²) in [6.45, 7) is 4.38. The van der Waals surface area contributed by atoms with Gasteiger partial charge in [0.2, 0.25) is 5.91 Å². The monoisotopic (exact) mass is 436 g/mol. The number of benzene rings is 2. The van der Waals surface area contributed by atoms with Gasteiger partial charge in [0.25, 0.3) is 0 Å². The van der Waals surface area contributed by atoms with Gasteiger partial charge in [-0.15, -0.1) is 10.2 Å². The molecule has 2 aliphatic rings. The van der Waals surface area contributed by atoms with E-state index in [0.29, 0.717) is 23.3 Å². The number of carbonyl (C=O) groups is 1. The Morgan fingerprint density at radius 1 is 1.13 bits per heavy atom. The number of hydrogen-bond acceptors (Lipinski definition) is 6. The Labute approximate surface area is 185 Å². The molecule has 3 aromatic rings. The lowest BCUT2D eigenvalue weighted by Gasteiger charge is -2.26. The maximum atomic E-state index is 13.3. The summed E-state index contributed by atoms with van der Waals surface area (Å²) in [6, 6.07) is 15.9. The van der Waals surface area contributed by atoms with Crippen molar-refractivity contribution in [2.75, 3.05) is 11.5 Å². The average Bonchev–Trinajstić information content (AvgIpc) is 3.31. The number of thioether (sulfide) groups is 1. The van der Waals surface area contributed by atoms with Gasteiger partial charge in [0.05, 0.1) is 5.25 Å². The molecule has 1 amide bonds. The second-order valence-corrected chi connectivity index (χ2v) is 9.22. The molecule has 0 saturated carbocycles. The first-order chi connectivity index (χ1) is 15.0. The molecule has 0 radical (unpaired) electrons. The van der Waals surface area contributed by atoms with E-state index in [0.717, 1.165) is 17.9 Å². The number of fused-ring (bicyclic) bond motifs is 2. The van der Waals surface area contributed by atoms with Crippen LogP contribution in [0.4, 0.5) is 5.69 Å². The smallest absolute Gasteiger partial charge is 0.240 e. The molecule has 2 aliphatic heterocycles. The molecule has 0 bridgehead atoms. The van der Waals surface area contributed by atoms with Crippen molar-refractivity contribution in [1.29, 1.82) is 0 Å². The highest BCUT2D eigenvalue weighted by atomic mass is 32.2. The molecule has 160 valence electrons.